The monoisotopic (exact) mass is 402 g/mol. The van der Waals surface area contributed by atoms with Gasteiger partial charge in [-0.05, 0) is 48.2 Å². The van der Waals surface area contributed by atoms with Gasteiger partial charge in [-0.25, -0.2) is 9.97 Å². The average molecular weight is 402 g/mol. The van der Waals surface area contributed by atoms with Crippen molar-refractivity contribution in [2.75, 3.05) is 19.7 Å². The number of hydrogen-bond acceptors (Lipinski definition) is 4. The normalized spacial score (nSPS) is 24.1. The van der Waals surface area contributed by atoms with Crippen LogP contribution in [0.3, 0.4) is 0 Å². The highest BCUT2D eigenvalue weighted by Gasteiger charge is 2.55. The Morgan fingerprint density at radius 3 is 2.48 bits per heavy atom. The van der Waals surface area contributed by atoms with Gasteiger partial charge in [-0.3, -0.25) is 4.90 Å². The van der Waals surface area contributed by atoms with Crippen LogP contribution >= 0.6 is 0 Å². The van der Waals surface area contributed by atoms with Crippen LogP contribution in [-0.2, 0) is 19.8 Å². The second-order valence-electron chi connectivity index (χ2n) is 7.95. The highest BCUT2D eigenvalue weighted by Crippen LogP contribution is 2.52. The highest BCUT2D eigenvalue weighted by molar-refractivity contribution is 5.70. The fourth-order valence-corrected chi connectivity index (χ4v) is 4.46. The number of halogens is 3. The molecule has 0 spiro atoms. The minimum atomic E-state index is -4.31. The van der Waals surface area contributed by atoms with Gasteiger partial charge in [-0.2, -0.15) is 13.2 Å². The molecular weight excluding hydrogens is 381 g/mol. The molecule has 1 aliphatic carbocycles. The first-order chi connectivity index (χ1) is 13.9. The number of benzene rings is 1. The smallest absolute Gasteiger partial charge is 0.416 e. The molecule has 3 heterocycles. The van der Waals surface area contributed by atoms with Gasteiger partial charge in [0.2, 0.25) is 0 Å². The summed E-state index contributed by atoms with van der Waals surface area (Å²) in [7, 11) is 2.00. The van der Waals surface area contributed by atoms with E-state index in [0.717, 1.165) is 48.8 Å². The van der Waals surface area contributed by atoms with Crippen LogP contribution in [0.2, 0.25) is 0 Å². The lowest BCUT2D eigenvalue weighted by molar-refractivity contribution is -0.137. The van der Waals surface area contributed by atoms with Gasteiger partial charge in [0.25, 0.3) is 0 Å². The van der Waals surface area contributed by atoms with E-state index in [4.69, 9.17) is 4.74 Å². The predicted molar refractivity (Wildman–Crippen MR) is 101 cm³/mol. The molecule has 1 saturated carbocycles. The lowest BCUT2D eigenvalue weighted by Crippen LogP contribution is -2.26. The summed E-state index contributed by atoms with van der Waals surface area (Å²) in [6.07, 6.45) is -2.54. The molecule has 152 valence electrons. The predicted octanol–water partition coefficient (Wildman–Crippen LogP) is 3.74. The first kappa shape index (κ1) is 18.4. The van der Waals surface area contributed by atoms with Crippen LogP contribution in [0.1, 0.15) is 11.4 Å². The maximum Gasteiger partial charge on any atom is 0.416 e. The fourth-order valence-electron chi connectivity index (χ4n) is 4.46. The maximum atomic E-state index is 12.6. The molecule has 5 rings (SSSR count). The van der Waals surface area contributed by atoms with Gasteiger partial charge in [0.05, 0.1) is 18.7 Å². The second kappa shape index (κ2) is 6.73. The minimum Gasteiger partial charge on any atom is -0.493 e. The molecule has 3 atom stereocenters. The van der Waals surface area contributed by atoms with Crippen molar-refractivity contribution < 1.29 is 17.9 Å². The number of likely N-dealkylation sites (tertiary alicyclic amines) is 1. The van der Waals surface area contributed by atoms with Crippen LogP contribution in [0.4, 0.5) is 13.2 Å². The van der Waals surface area contributed by atoms with Gasteiger partial charge in [-0.15, -0.1) is 0 Å². The van der Waals surface area contributed by atoms with Crippen molar-refractivity contribution in [3.8, 4) is 5.75 Å². The van der Waals surface area contributed by atoms with Crippen molar-refractivity contribution in [3.05, 3.63) is 54.0 Å². The molecule has 1 aromatic carbocycles. The molecule has 1 aliphatic heterocycles. The topological polar surface area (TPSA) is 43.2 Å². The Bertz CT molecular complexity index is 1020. The van der Waals surface area contributed by atoms with Crippen molar-refractivity contribution in [2.24, 2.45) is 24.8 Å². The van der Waals surface area contributed by atoms with Crippen LogP contribution in [-0.4, -0.2) is 39.1 Å². The molecule has 2 aliphatic rings. The third-order valence-electron chi connectivity index (χ3n) is 6.16. The number of nitrogens with zero attached hydrogens (tertiary/aromatic N) is 4. The SMILES string of the molecule is Cn1c(CN2C[C@@H]3C(COc4ccc(C(F)(F)F)cc4)[C@@H]3C2)nc2cccnc21. The largest absolute Gasteiger partial charge is 0.493 e. The van der Waals surface area contributed by atoms with Gasteiger partial charge in [0, 0.05) is 32.3 Å². The Kier molecular flexibility index (Phi) is 4.27. The first-order valence-corrected chi connectivity index (χ1v) is 9.69. The van der Waals surface area contributed by atoms with Crippen molar-refractivity contribution in [3.63, 3.8) is 0 Å². The number of alkyl halides is 3. The minimum absolute atomic E-state index is 0.482. The Balaban J connectivity index is 1.13. The summed E-state index contributed by atoms with van der Waals surface area (Å²) in [5.41, 5.74) is 1.16. The number of aromatic nitrogens is 3. The molecule has 0 radical (unpaired) electrons. The molecule has 8 heteroatoms. The molecule has 0 bridgehead atoms. The van der Waals surface area contributed by atoms with E-state index < -0.39 is 11.7 Å². The van der Waals surface area contributed by atoms with Crippen molar-refractivity contribution in [1.82, 2.24) is 19.4 Å². The van der Waals surface area contributed by atoms with Gasteiger partial charge >= 0.3 is 6.18 Å². The summed E-state index contributed by atoms with van der Waals surface area (Å²) >= 11 is 0. The second-order valence-corrected chi connectivity index (χ2v) is 7.95. The van der Waals surface area contributed by atoms with Crippen molar-refractivity contribution >= 4 is 11.2 Å². The number of aryl methyl sites for hydroxylation is 1. The number of ether oxygens (including phenoxy) is 1. The van der Waals surface area contributed by atoms with Crippen LogP contribution in [0.25, 0.3) is 11.2 Å². The van der Waals surface area contributed by atoms with Gasteiger partial charge in [0.15, 0.2) is 5.65 Å². The molecule has 0 amide bonds. The zero-order valence-electron chi connectivity index (χ0n) is 15.9. The van der Waals surface area contributed by atoms with E-state index in [-0.39, 0.29) is 0 Å². The Hall–Kier alpha value is -2.61. The third-order valence-corrected chi connectivity index (χ3v) is 6.16. The van der Waals surface area contributed by atoms with Crippen LogP contribution in [0, 0.1) is 17.8 Å². The molecule has 1 unspecified atom stereocenters. The van der Waals surface area contributed by atoms with E-state index in [1.807, 2.05) is 23.7 Å². The van der Waals surface area contributed by atoms with E-state index in [1.165, 1.54) is 12.1 Å². The van der Waals surface area contributed by atoms with Gasteiger partial charge in [-0.1, -0.05) is 0 Å². The number of rotatable bonds is 5. The Morgan fingerprint density at radius 2 is 1.83 bits per heavy atom. The third kappa shape index (κ3) is 3.46. The standard InChI is InChI=1S/C21H21F3N4O/c1-27-19(26-18-3-2-8-25-20(18)27)11-28-9-15-16(10-28)17(15)12-29-14-6-4-13(5-7-14)21(22,23)24/h2-8,15-17H,9-12H2,1H3/t15-,16+,17?. The first-order valence-electron chi connectivity index (χ1n) is 9.69. The summed E-state index contributed by atoms with van der Waals surface area (Å²) in [4.78, 5) is 11.5. The number of pyridine rings is 1. The number of hydrogen-bond donors (Lipinski definition) is 0. The van der Waals surface area contributed by atoms with E-state index in [9.17, 15) is 13.2 Å². The van der Waals surface area contributed by atoms with E-state index in [2.05, 4.69) is 14.9 Å². The number of fused-ring (bicyclic) bond motifs is 2. The molecule has 2 fully saturated rings. The summed E-state index contributed by atoms with van der Waals surface area (Å²) in [6.45, 7) is 3.36. The molecule has 3 aromatic rings. The number of piperidine rings is 1. The fraction of sp³-hybridized carbons (Fsp3) is 0.429. The zero-order valence-corrected chi connectivity index (χ0v) is 15.9. The van der Waals surface area contributed by atoms with E-state index >= 15 is 0 Å². The molecule has 0 N–H and O–H groups in total. The van der Waals surface area contributed by atoms with Gasteiger partial charge in [0.1, 0.15) is 17.1 Å². The van der Waals surface area contributed by atoms with Gasteiger partial charge < -0.3 is 9.30 Å². The zero-order chi connectivity index (χ0) is 20.2. The lowest BCUT2D eigenvalue weighted by atomic mass is 10.2. The van der Waals surface area contributed by atoms with E-state index in [1.54, 1.807) is 6.20 Å². The molecular formula is C21H21F3N4O. The quantitative estimate of drug-likeness (QED) is 0.652. The Morgan fingerprint density at radius 1 is 1.10 bits per heavy atom. The van der Waals surface area contributed by atoms with Crippen molar-refractivity contribution in [1.29, 1.82) is 0 Å². The molecule has 5 nitrogen and oxygen atoms in total. The van der Waals surface area contributed by atoms with E-state index in [0.29, 0.717) is 30.1 Å². The summed E-state index contributed by atoms with van der Waals surface area (Å²) in [6, 6.07) is 8.79. The van der Waals surface area contributed by atoms with Crippen molar-refractivity contribution in [2.45, 2.75) is 12.7 Å². The summed E-state index contributed by atoms with van der Waals surface area (Å²) in [5.74, 6) is 3.18. The van der Waals surface area contributed by atoms with Crippen LogP contribution in [0.5, 0.6) is 5.75 Å². The lowest BCUT2D eigenvalue weighted by Gasteiger charge is -2.19. The average Bonchev–Trinajstić information content (AvgIpc) is 3.01. The van der Waals surface area contributed by atoms with Crippen LogP contribution < -0.4 is 4.74 Å². The summed E-state index contributed by atoms with van der Waals surface area (Å²) in [5, 5.41) is 0. The molecule has 29 heavy (non-hydrogen) atoms. The summed E-state index contributed by atoms with van der Waals surface area (Å²) < 4.78 is 45.7. The Labute approximate surface area is 166 Å². The number of imidazole rings is 1. The molecule has 2 aromatic heterocycles. The highest BCUT2D eigenvalue weighted by atomic mass is 19.4. The maximum absolute atomic E-state index is 12.6. The van der Waals surface area contributed by atoms with Crippen LogP contribution in [0.15, 0.2) is 42.6 Å². The molecule has 1 saturated heterocycles.